The first-order valence-electron chi connectivity index (χ1n) is 7.61. The van der Waals surface area contributed by atoms with Gasteiger partial charge >= 0.3 is 0 Å². The zero-order valence-electron chi connectivity index (χ0n) is 14.2. The van der Waals surface area contributed by atoms with Crippen molar-refractivity contribution in [2.45, 2.75) is 0 Å². The van der Waals surface area contributed by atoms with Gasteiger partial charge in [0.05, 0.1) is 19.0 Å². The molecular formula is C18H18N4O2S. The predicted octanol–water partition coefficient (Wildman–Crippen LogP) is 3.53. The number of amides is 1. The lowest BCUT2D eigenvalue weighted by Crippen LogP contribution is -2.14. The van der Waals surface area contributed by atoms with E-state index in [2.05, 4.69) is 15.3 Å². The van der Waals surface area contributed by atoms with Crippen LogP contribution in [0.4, 0.5) is 11.5 Å². The monoisotopic (exact) mass is 354 g/mol. The summed E-state index contributed by atoms with van der Waals surface area (Å²) in [5.74, 6) is 1.36. The van der Waals surface area contributed by atoms with E-state index < -0.39 is 0 Å². The lowest BCUT2D eigenvalue weighted by atomic mass is 10.2. The van der Waals surface area contributed by atoms with Gasteiger partial charge in [-0.15, -0.1) is 11.3 Å². The fraction of sp³-hybridized carbons (Fsp3) is 0.167. The van der Waals surface area contributed by atoms with Crippen LogP contribution in [0.1, 0.15) is 10.5 Å². The van der Waals surface area contributed by atoms with E-state index in [4.69, 9.17) is 4.74 Å². The molecule has 3 aromatic rings. The Morgan fingerprint density at radius 1 is 1.16 bits per heavy atom. The minimum absolute atomic E-state index is 0.254. The van der Waals surface area contributed by atoms with E-state index in [0.717, 1.165) is 22.1 Å². The Kier molecular flexibility index (Phi) is 4.95. The van der Waals surface area contributed by atoms with Crippen molar-refractivity contribution in [3.8, 4) is 16.3 Å². The standard InChI is InChI=1S/C18H18N4O2S/c1-22(2)16-9-6-13(10-19-16)20-17(23)15-11-25-18(21-15)12-4-7-14(24-3)8-5-12/h4-11H,1-3H3,(H,20,23). The third-order valence-electron chi connectivity index (χ3n) is 3.54. The summed E-state index contributed by atoms with van der Waals surface area (Å²) < 4.78 is 5.15. The van der Waals surface area contributed by atoms with Crippen LogP contribution in [0, 0.1) is 0 Å². The zero-order chi connectivity index (χ0) is 17.8. The van der Waals surface area contributed by atoms with Gasteiger partial charge in [0.25, 0.3) is 5.91 Å². The largest absolute Gasteiger partial charge is 0.497 e. The molecule has 0 spiro atoms. The molecule has 1 aromatic carbocycles. The number of nitrogens with zero attached hydrogens (tertiary/aromatic N) is 3. The lowest BCUT2D eigenvalue weighted by molar-refractivity contribution is 0.102. The first kappa shape index (κ1) is 16.9. The van der Waals surface area contributed by atoms with Crippen molar-refractivity contribution < 1.29 is 9.53 Å². The highest BCUT2D eigenvalue weighted by Crippen LogP contribution is 2.26. The normalized spacial score (nSPS) is 10.4. The number of pyridine rings is 1. The summed E-state index contributed by atoms with van der Waals surface area (Å²) in [4.78, 5) is 22.9. The summed E-state index contributed by atoms with van der Waals surface area (Å²) in [5.41, 5.74) is 1.96. The highest BCUT2D eigenvalue weighted by atomic mass is 32.1. The smallest absolute Gasteiger partial charge is 0.275 e. The van der Waals surface area contributed by atoms with Crippen LogP contribution >= 0.6 is 11.3 Å². The summed E-state index contributed by atoms with van der Waals surface area (Å²) in [5, 5.41) is 5.34. The minimum atomic E-state index is -0.254. The maximum Gasteiger partial charge on any atom is 0.275 e. The van der Waals surface area contributed by atoms with E-state index in [9.17, 15) is 4.79 Å². The number of anilines is 2. The van der Waals surface area contributed by atoms with Crippen LogP contribution in [0.3, 0.4) is 0 Å². The number of methoxy groups -OCH3 is 1. The number of thiazole rings is 1. The third-order valence-corrected chi connectivity index (χ3v) is 4.43. The third kappa shape index (κ3) is 3.95. The fourth-order valence-corrected chi connectivity index (χ4v) is 2.97. The van der Waals surface area contributed by atoms with Crippen LogP contribution < -0.4 is 15.0 Å². The van der Waals surface area contributed by atoms with Gasteiger partial charge in [-0.1, -0.05) is 0 Å². The van der Waals surface area contributed by atoms with Crippen molar-refractivity contribution in [1.29, 1.82) is 0 Å². The first-order chi connectivity index (χ1) is 12.1. The Balaban J connectivity index is 1.71. The van der Waals surface area contributed by atoms with Gasteiger partial charge in [-0.2, -0.15) is 0 Å². The molecule has 25 heavy (non-hydrogen) atoms. The van der Waals surface area contributed by atoms with Crippen LogP contribution in [-0.4, -0.2) is 37.1 Å². The van der Waals surface area contributed by atoms with E-state index in [0.29, 0.717) is 11.4 Å². The molecule has 7 heteroatoms. The van der Waals surface area contributed by atoms with E-state index >= 15 is 0 Å². The maximum absolute atomic E-state index is 12.4. The summed E-state index contributed by atoms with van der Waals surface area (Å²) in [6.45, 7) is 0. The number of carbonyl (C=O) groups excluding carboxylic acids is 1. The highest BCUT2D eigenvalue weighted by molar-refractivity contribution is 7.13. The SMILES string of the molecule is COc1ccc(-c2nc(C(=O)Nc3ccc(N(C)C)nc3)cs2)cc1. The van der Waals surface area contributed by atoms with Crippen molar-refractivity contribution >= 4 is 28.7 Å². The number of hydrogen-bond donors (Lipinski definition) is 1. The summed E-state index contributed by atoms with van der Waals surface area (Å²) in [7, 11) is 5.45. The van der Waals surface area contributed by atoms with Crippen molar-refractivity contribution in [3.05, 3.63) is 53.7 Å². The lowest BCUT2D eigenvalue weighted by Gasteiger charge is -2.11. The number of carbonyl (C=O) groups is 1. The molecule has 2 heterocycles. The van der Waals surface area contributed by atoms with Gasteiger partial charge in [-0.05, 0) is 36.4 Å². The summed E-state index contributed by atoms with van der Waals surface area (Å²) in [6, 6.07) is 11.2. The second-order valence-corrected chi connectivity index (χ2v) is 6.38. The number of aromatic nitrogens is 2. The van der Waals surface area contributed by atoms with Crippen LogP contribution in [-0.2, 0) is 0 Å². The molecule has 0 aliphatic heterocycles. The Labute approximate surface area is 150 Å². The van der Waals surface area contributed by atoms with E-state index in [1.54, 1.807) is 18.7 Å². The molecule has 6 nitrogen and oxygen atoms in total. The molecule has 0 saturated carbocycles. The van der Waals surface area contributed by atoms with Gasteiger partial charge in [-0.3, -0.25) is 4.79 Å². The molecule has 0 atom stereocenters. The van der Waals surface area contributed by atoms with Crippen molar-refractivity contribution in [2.24, 2.45) is 0 Å². The van der Waals surface area contributed by atoms with Crippen molar-refractivity contribution in [3.63, 3.8) is 0 Å². The Hall–Kier alpha value is -2.93. The second kappa shape index (κ2) is 7.31. The van der Waals surface area contributed by atoms with Gasteiger partial charge < -0.3 is 15.0 Å². The number of ether oxygens (including phenoxy) is 1. The highest BCUT2D eigenvalue weighted by Gasteiger charge is 2.12. The molecular weight excluding hydrogens is 336 g/mol. The molecule has 0 bridgehead atoms. The van der Waals surface area contributed by atoms with Crippen LogP contribution in [0.15, 0.2) is 48.0 Å². The Bertz CT molecular complexity index is 858. The number of hydrogen-bond acceptors (Lipinski definition) is 6. The number of rotatable bonds is 5. The van der Waals surface area contributed by atoms with Gasteiger partial charge in [0.2, 0.25) is 0 Å². The average Bonchev–Trinajstić information content (AvgIpc) is 3.12. The fourth-order valence-electron chi connectivity index (χ4n) is 2.16. The molecule has 0 aliphatic rings. The predicted molar refractivity (Wildman–Crippen MR) is 101 cm³/mol. The Morgan fingerprint density at radius 2 is 1.92 bits per heavy atom. The van der Waals surface area contributed by atoms with Gasteiger partial charge in [-0.25, -0.2) is 9.97 Å². The van der Waals surface area contributed by atoms with Crippen LogP contribution in [0.2, 0.25) is 0 Å². The molecule has 0 aliphatic carbocycles. The molecule has 1 amide bonds. The van der Waals surface area contributed by atoms with Gasteiger partial charge in [0.1, 0.15) is 22.3 Å². The van der Waals surface area contributed by atoms with E-state index in [-0.39, 0.29) is 5.91 Å². The summed E-state index contributed by atoms with van der Waals surface area (Å²) >= 11 is 1.43. The van der Waals surface area contributed by atoms with Gasteiger partial charge in [0.15, 0.2) is 0 Å². The first-order valence-corrected chi connectivity index (χ1v) is 8.49. The molecule has 2 aromatic heterocycles. The van der Waals surface area contributed by atoms with Crippen LogP contribution in [0.5, 0.6) is 5.75 Å². The minimum Gasteiger partial charge on any atom is -0.497 e. The topological polar surface area (TPSA) is 67.3 Å². The van der Waals surface area contributed by atoms with Crippen molar-refractivity contribution in [2.75, 3.05) is 31.4 Å². The quantitative estimate of drug-likeness (QED) is 0.759. The Morgan fingerprint density at radius 3 is 2.52 bits per heavy atom. The van der Waals surface area contributed by atoms with Gasteiger partial charge in [0, 0.05) is 25.0 Å². The molecule has 0 unspecified atom stereocenters. The molecule has 128 valence electrons. The molecule has 1 N–H and O–H groups in total. The molecule has 0 radical (unpaired) electrons. The number of benzene rings is 1. The second-order valence-electron chi connectivity index (χ2n) is 5.52. The van der Waals surface area contributed by atoms with Crippen molar-refractivity contribution in [1.82, 2.24) is 9.97 Å². The number of nitrogens with one attached hydrogen (secondary N) is 1. The molecule has 3 rings (SSSR count). The molecule has 0 saturated heterocycles. The maximum atomic E-state index is 12.4. The summed E-state index contributed by atoms with van der Waals surface area (Å²) in [6.07, 6.45) is 1.63. The van der Waals surface area contributed by atoms with E-state index in [1.807, 2.05) is 55.4 Å². The van der Waals surface area contributed by atoms with E-state index in [1.165, 1.54) is 11.3 Å². The van der Waals surface area contributed by atoms with Crippen LogP contribution in [0.25, 0.3) is 10.6 Å². The average molecular weight is 354 g/mol. The zero-order valence-corrected chi connectivity index (χ0v) is 15.0. The molecule has 0 fully saturated rings.